The fraction of sp³-hybridized carbons (Fsp3) is 1.00. The summed E-state index contributed by atoms with van der Waals surface area (Å²) in [5.41, 5.74) is 5.55. The number of alkyl halides is 1. The lowest BCUT2D eigenvalue weighted by Crippen LogP contribution is -2.24. The van der Waals surface area contributed by atoms with Crippen LogP contribution in [0.4, 0.5) is 0 Å². The highest BCUT2D eigenvalue weighted by atomic mass is 35.5. The molecule has 0 amide bonds. The Morgan fingerprint density at radius 3 is 2.29 bits per heavy atom. The molecule has 42 valence electrons. The van der Waals surface area contributed by atoms with Gasteiger partial charge < -0.3 is 5.73 Å². The van der Waals surface area contributed by atoms with Gasteiger partial charge in [0.15, 0.2) is 0 Å². The molecule has 0 bridgehead atoms. The summed E-state index contributed by atoms with van der Waals surface area (Å²) in [6.07, 6.45) is 3.45. The van der Waals surface area contributed by atoms with Gasteiger partial charge in [-0.05, 0) is 12.8 Å². The molecule has 0 aromatic heterocycles. The Kier molecular flexibility index (Phi) is 1.55. The zero-order valence-corrected chi connectivity index (χ0v) is 4.99. The van der Waals surface area contributed by atoms with Crippen molar-refractivity contribution in [1.82, 2.24) is 0 Å². The van der Waals surface area contributed by atoms with E-state index in [0.29, 0.717) is 0 Å². The normalized spacial score (nSPS) is 42.0. The van der Waals surface area contributed by atoms with E-state index in [2.05, 4.69) is 0 Å². The molecule has 0 aromatic carbocycles. The molecule has 0 aliphatic heterocycles. The second-order valence-corrected chi connectivity index (χ2v) is 2.67. The van der Waals surface area contributed by atoms with E-state index < -0.39 is 0 Å². The molecule has 0 heterocycles. The zero-order chi connectivity index (χ0) is 5.28. The summed E-state index contributed by atoms with van der Waals surface area (Å²) in [5.74, 6) is 0. The van der Waals surface area contributed by atoms with Crippen molar-refractivity contribution in [3.05, 3.63) is 0 Å². The fourth-order valence-electron chi connectivity index (χ4n) is 0.943. The molecule has 0 aromatic rings. The predicted octanol–water partition coefficient (Wildman–Crippen LogP) is 1.10. The van der Waals surface area contributed by atoms with E-state index in [0.717, 1.165) is 12.8 Å². The molecule has 7 heavy (non-hydrogen) atoms. The highest BCUT2D eigenvalue weighted by molar-refractivity contribution is 6.21. The van der Waals surface area contributed by atoms with Crippen molar-refractivity contribution >= 4 is 11.6 Å². The van der Waals surface area contributed by atoms with Gasteiger partial charge in [0.05, 0.1) is 0 Å². The molecule has 2 N–H and O–H groups in total. The van der Waals surface area contributed by atoms with Crippen LogP contribution in [-0.2, 0) is 0 Å². The SMILES string of the molecule is N[C@@H]1CCC[C@H]1Cl. The van der Waals surface area contributed by atoms with Gasteiger partial charge in [0, 0.05) is 11.4 Å². The average Bonchev–Trinajstić information content (AvgIpc) is 1.91. The van der Waals surface area contributed by atoms with Gasteiger partial charge in [-0.15, -0.1) is 11.6 Å². The largest absolute Gasteiger partial charge is 0.326 e. The van der Waals surface area contributed by atoms with Crippen molar-refractivity contribution in [3.8, 4) is 0 Å². The summed E-state index contributed by atoms with van der Waals surface area (Å²) >= 11 is 5.74. The second kappa shape index (κ2) is 2.01. The summed E-state index contributed by atoms with van der Waals surface area (Å²) in [4.78, 5) is 0. The van der Waals surface area contributed by atoms with E-state index in [4.69, 9.17) is 17.3 Å². The number of hydrogen-bond donors (Lipinski definition) is 1. The van der Waals surface area contributed by atoms with E-state index in [1.54, 1.807) is 0 Å². The van der Waals surface area contributed by atoms with Gasteiger partial charge in [-0.3, -0.25) is 0 Å². The van der Waals surface area contributed by atoms with E-state index >= 15 is 0 Å². The molecule has 1 nitrogen and oxygen atoms in total. The van der Waals surface area contributed by atoms with Crippen molar-refractivity contribution in [2.75, 3.05) is 0 Å². The third kappa shape index (κ3) is 1.07. The van der Waals surface area contributed by atoms with Crippen LogP contribution in [0.5, 0.6) is 0 Å². The van der Waals surface area contributed by atoms with E-state index in [1.165, 1.54) is 6.42 Å². The minimum Gasteiger partial charge on any atom is -0.326 e. The second-order valence-electron chi connectivity index (χ2n) is 2.11. The maximum atomic E-state index is 5.74. The van der Waals surface area contributed by atoms with Gasteiger partial charge in [0.25, 0.3) is 0 Å². The van der Waals surface area contributed by atoms with Crippen LogP contribution in [-0.4, -0.2) is 11.4 Å². The zero-order valence-electron chi connectivity index (χ0n) is 4.23. The highest BCUT2D eigenvalue weighted by Gasteiger charge is 2.20. The van der Waals surface area contributed by atoms with Crippen LogP contribution in [0, 0.1) is 0 Å². The van der Waals surface area contributed by atoms with Crippen molar-refractivity contribution in [1.29, 1.82) is 0 Å². The van der Waals surface area contributed by atoms with Crippen LogP contribution in [0.3, 0.4) is 0 Å². The molecule has 1 saturated carbocycles. The molecule has 2 atom stereocenters. The van der Waals surface area contributed by atoms with E-state index in [-0.39, 0.29) is 11.4 Å². The molecule has 0 radical (unpaired) electrons. The average molecular weight is 120 g/mol. The molecule has 0 unspecified atom stereocenters. The van der Waals surface area contributed by atoms with Crippen LogP contribution < -0.4 is 5.73 Å². The summed E-state index contributed by atoms with van der Waals surface area (Å²) in [7, 11) is 0. The van der Waals surface area contributed by atoms with Gasteiger partial charge in [-0.2, -0.15) is 0 Å². The van der Waals surface area contributed by atoms with Crippen LogP contribution >= 0.6 is 11.6 Å². The van der Waals surface area contributed by atoms with Gasteiger partial charge in [-0.25, -0.2) is 0 Å². The number of rotatable bonds is 0. The van der Waals surface area contributed by atoms with Crippen LogP contribution in [0.25, 0.3) is 0 Å². The van der Waals surface area contributed by atoms with Gasteiger partial charge >= 0.3 is 0 Å². The monoisotopic (exact) mass is 119 g/mol. The smallest absolute Gasteiger partial charge is 0.0487 e. The molecule has 0 saturated heterocycles. The molecule has 1 fully saturated rings. The van der Waals surface area contributed by atoms with Gasteiger partial charge in [0.2, 0.25) is 0 Å². The molecule has 2 heteroatoms. The molecule has 1 aliphatic carbocycles. The van der Waals surface area contributed by atoms with E-state index in [1.807, 2.05) is 0 Å². The Balaban J connectivity index is 2.33. The predicted molar refractivity (Wildman–Crippen MR) is 31.5 cm³/mol. The van der Waals surface area contributed by atoms with Crippen LogP contribution in [0.1, 0.15) is 19.3 Å². The third-order valence-corrected chi connectivity index (χ3v) is 2.02. The Morgan fingerprint density at radius 2 is 2.14 bits per heavy atom. The summed E-state index contributed by atoms with van der Waals surface area (Å²) in [5, 5.41) is 0.264. The Bertz CT molecular complexity index is 57.1. The van der Waals surface area contributed by atoms with Gasteiger partial charge in [-0.1, -0.05) is 6.42 Å². The Labute approximate surface area is 48.8 Å². The van der Waals surface area contributed by atoms with E-state index in [9.17, 15) is 0 Å². The first-order valence-corrected chi connectivity index (χ1v) is 3.14. The standard InChI is InChI=1S/C5H10ClN/c6-4-2-1-3-5(4)7/h4-5H,1-3,7H2/t4-,5-/m1/s1. The molecule has 0 spiro atoms. The van der Waals surface area contributed by atoms with Crippen molar-refractivity contribution < 1.29 is 0 Å². The van der Waals surface area contributed by atoms with Crippen molar-refractivity contribution in [2.24, 2.45) is 5.73 Å². The van der Waals surface area contributed by atoms with Crippen molar-refractivity contribution in [3.63, 3.8) is 0 Å². The summed E-state index contributed by atoms with van der Waals surface area (Å²) in [6, 6.07) is 0.279. The maximum absolute atomic E-state index is 5.74. The summed E-state index contributed by atoms with van der Waals surface area (Å²) < 4.78 is 0. The summed E-state index contributed by atoms with van der Waals surface area (Å²) in [6.45, 7) is 0. The minimum atomic E-state index is 0.264. The van der Waals surface area contributed by atoms with Crippen molar-refractivity contribution in [2.45, 2.75) is 30.7 Å². The lowest BCUT2D eigenvalue weighted by molar-refractivity contribution is 0.710. The first-order chi connectivity index (χ1) is 3.30. The minimum absolute atomic E-state index is 0.264. The number of halogens is 1. The quantitative estimate of drug-likeness (QED) is 0.475. The van der Waals surface area contributed by atoms with Gasteiger partial charge in [0.1, 0.15) is 0 Å². The Hall–Kier alpha value is 0.250. The maximum Gasteiger partial charge on any atom is 0.0487 e. The topological polar surface area (TPSA) is 26.0 Å². The third-order valence-electron chi connectivity index (χ3n) is 1.48. The Morgan fingerprint density at radius 1 is 1.43 bits per heavy atom. The van der Waals surface area contributed by atoms with Crippen LogP contribution in [0.15, 0.2) is 0 Å². The highest BCUT2D eigenvalue weighted by Crippen LogP contribution is 2.21. The molecule has 1 rings (SSSR count). The first kappa shape index (κ1) is 5.39. The lowest BCUT2D eigenvalue weighted by atomic mass is 10.3. The fourth-order valence-corrected chi connectivity index (χ4v) is 1.22. The molecule has 1 aliphatic rings. The number of hydrogen-bond acceptors (Lipinski definition) is 1. The lowest BCUT2D eigenvalue weighted by Gasteiger charge is -2.03. The first-order valence-electron chi connectivity index (χ1n) is 2.70. The number of nitrogens with two attached hydrogens (primary N) is 1. The molecular formula is C5H10ClN. The molecular weight excluding hydrogens is 110 g/mol. The van der Waals surface area contributed by atoms with Crippen LogP contribution in [0.2, 0.25) is 0 Å².